The molecule has 1 fully saturated rings. The average molecular weight is 489 g/mol. The highest BCUT2D eigenvalue weighted by Crippen LogP contribution is 2.41. The number of nitrogens with one attached hydrogen (secondary N) is 1. The predicted octanol–water partition coefficient (Wildman–Crippen LogP) is 6.05. The highest BCUT2D eigenvalue weighted by atomic mass is 32.2. The molecule has 0 radical (unpaired) electrons. The van der Waals surface area contributed by atoms with Crippen molar-refractivity contribution in [3.8, 4) is 22.4 Å². The number of anilines is 1. The Morgan fingerprint density at radius 1 is 0.939 bits per heavy atom. The Bertz CT molecular complexity index is 1110. The van der Waals surface area contributed by atoms with Crippen molar-refractivity contribution in [2.45, 2.75) is 30.3 Å². The minimum Gasteiger partial charge on any atom is -0.356 e. The summed E-state index contributed by atoms with van der Waals surface area (Å²) in [5.41, 5.74) is 2.33. The van der Waals surface area contributed by atoms with E-state index in [0.717, 1.165) is 43.2 Å². The first-order chi connectivity index (χ1) is 15.9. The van der Waals surface area contributed by atoms with Crippen LogP contribution in [0.15, 0.2) is 53.4 Å². The van der Waals surface area contributed by atoms with Crippen molar-refractivity contribution in [1.82, 2.24) is 14.7 Å². The molecule has 3 aromatic rings. The lowest BCUT2D eigenvalue weighted by Gasteiger charge is -2.31. The third-order valence-corrected chi connectivity index (χ3v) is 6.86. The molecule has 0 bridgehead atoms. The minimum atomic E-state index is -4.64. The van der Waals surface area contributed by atoms with Crippen LogP contribution < -0.4 is 14.9 Å². The number of rotatable bonds is 6. The molecule has 1 saturated heterocycles. The lowest BCUT2D eigenvalue weighted by atomic mass is 9.98. The first kappa shape index (κ1) is 23.7. The Labute approximate surface area is 197 Å². The molecular formula is C24H24F3N4PS. The van der Waals surface area contributed by atoms with Crippen LogP contribution in [0.1, 0.15) is 25.1 Å². The van der Waals surface area contributed by atoms with Crippen molar-refractivity contribution in [3.63, 3.8) is 0 Å². The van der Waals surface area contributed by atoms with Crippen molar-refractivity contribution in [2.24, 2.45) is 0 Å². The van der Waals surface area contributed by atoms with Gasteiger partial charge in [-0.1, -0.05) is 38.8 Å². The summed E-state index contributed by atoms with van der Waals surface area (Å²) in [7, 11) is 2.69. The van der Waals surface area contributed by atoms with E-state index in [0.29, 0.717) is 35.7 Å². The molecule has 1 aliphatic rings. The Balaban J connectivity index is 1.97. The number of hydrogen-bond acceptors (Lipinski definition) is 5. The average Bonchev–Trinajstić information content (AvgIpc) is 2.84. The molecule has 9 heteroatoms. The first-order valence-corrected chi connectivity index (χ1v) is 12.6. The fourth-order valence-corrected chi connectivity index (χ4v) is 4.78. The molecule has 0 saturated carbocycles. The number of piperidine rings is 1. The second kappa shape index (κ2) is 10.2. The zero-order valence-electron chi connectivity index (χ0n) is 18.2. The molecule has 1 N–H and O–H groups in total. The molecule has 172 valence electrons. The quantitative estimate of drug-likeness (QED) is 0.338. The molecule has 33 heavy (non-hydrogen) atoms. The van der Waals surface area contributed by atoms with E-state index in [-0.39, 0.29) is 0 Å². The van der Waals surface area contributed by atoms with Gasteiger partial charge in [-0.25, -0.2) is 9.97 Å². The zero-order chi connectivity index (χ0) is 23.4. The van der Waals surface area contributed by atoms with Gasteiger partial charge < -0.3 is 4.90 Å². The summed E-state index contributed by atoms with van der Waals surface area (Å²) in [4.78, 5) is 11.1. The summed E-state index contributed by atoms with van der Waals surface area (Å²) in [6.07, 6.45) is 2.13. The topological polar surface area (TPSA) is 41.1 Å². The van der Waals surface area contributed by atoms with Gasteiger partial charge in [0.2, 0.25) is 5.82 Å². The van der Waals surface area contributed by atoms with Crippen LogP contribution in [0.5, 0.6) is 0 Å². The van der Waals surface area contributed by atoms with Gasteiger partial charge >= 0.3 is 6.18 Å². The number of alkyl halides is 3. The van der Waals surface area contributed by atoms with E-state index in [9.17, 15) is 13.2 Å². The van der Waals surface area contributed by atoms with E-state index < -0.39 is 12.0 Å². The summed E-state index contributed by atoms with van der Waals surface area (Å²) in [5.74, 6) is -0.760. The number of benzene rings is 2. The lowest BCUT2D eigenvalue weighted by Crippen LogP contribution is -2.32. The van der Waals surface area contributed by atoms with Crippen LogP contribution in [0, 0.1) is 0 Å². The Kier molecular flexibility index (Phi) is 7.37. The maximum atomic E-state index is 13.9. The van der Waals surface area contributed by atoms with Crippen molar-refractivity contribution in [2.75, 3.05) is 25.0 Å². The number of hydrogen-bond donors (Lipinski definition) is 1. The van der Waals surface area contributed by atoms with Gasteiger partial charge in [-0.15, -0.1) is 0 Å². The van der Waals surface area contributed by atoms with Crippen molar-refractivity contribution in [1.29, 1.82) is 0 Å². The molecular weight excluding hydrogens is 464 g/mol. The van der Waals surface area contributed by atoms with E-state index >= 15 is 0 Å². The van der Waals surface area contributed by atoms with Crippen LogP contribution in [0.3, 0.4) is 0 Å². The third-order valence-electron chi connectivity index (χ3n) is 5.49. The molecule has 0 atom stereocenters. The summed E-state index contributed by atoms with van der Waals surface area (Å²) in [6, 6.07) is 15.1. The van der Waals surface area contributed by atoms with Crippen LogP contribution in [0.2, 0.25) is 0 Å². The van der Waals surface area contributed by atoms with E-state index in [1.165, 1.54) is 11.9 Å². The van der Waals surface area contributed by atoms with Gasteiger partial charge in [0.1, 0.15) is 5.82 Å². The van der Waals surface area contributed by atoms with Crippen LogP contribution >= 0.6 is 20.2 Å². The normalized spacial score (nSPS) is 14.6. The van der Waals surface area contributed by atoms with Gasteiger partial charge in [0.15, 0.2) is 0 Å². The molecule has 0 spiro atoms. The first-order valence-electron chi connectivity index (χ1n) is 10.7. The summed E-state index contributed by atoms with van der Waals surface area (Å²) < 4.78 is 44.6. The number of aromatic nitrogens is 2. The Morgan fingerprint density at radius 3 is 2.15 bits per heavy atom. The standard InChI is InChI=1S/C24H24F3N4PS/c1-28-33-19-12-8-16(9-13-19)20-21(17-6-10-18(32-2)11-7-17)29-23(24(25,26)27)30-22(20)31-14-4-3-5-15-31/h6-13,28H,2-5,14-15H2,1H3. The molecule has 1 aromatic heterocycles. The van der Waals surface area contributed by atoms with Crippen molar-refractivity contribution in [3.05, 3.63) is 54.4 Å². The number of nitrogens with zero attached hydrogens (tertiary/aromatic N) is 3. The second-order valence-corrected chi connectivity index (χ2v) is 9.59. The maximum absolute atomic E-state index is 13.9. The van der Waals surface area contributed by atoms with Gasteiger partial charge in [-0.05, 0) is 68.1 Å². The third kappa shape index (κ3) is 5.40. The van der Waals surface area contributed by atoms with Crippen molar-refractivity contribution >= 4 is 37.6 Å². The molecule has 2 heterocycles. The number of halogens is 3. The summed E-state index contributed by atoms with van der Waals surface area (Å²) in [5, 5.41) is 0.982. The monoisotopic (exact) mass is 488 g/mol. The molecule has 2 aromatic carbocycles. The molecule has 0 aliphatic carbocycles. The maximum Gasteiger partial charge on any atom is 0.451 e. The SMILES string of the molecule is C=Pc1ccc(-c2nc(C(F)(F)F)nc(N3CCCCC3)c2-c2ccc(SNC)cc2)cc1. The zero-order valence-corrected chi connectivity index (χ0v) is 19.9. The molecule has 0 unspecified atom stereocenters. The summed E-state index contributed by atoms with van der Waals surface area (Å²) in [6.45, 7) is 1.35. The minimum absolute atomic E-state index is 0.291. The van der Waals surface area contributed by atoms with E-state index in [4.69, 9.17) is 0 Å². The highest BCUT2D eigenvalue weighted by Gasteiger charge is 2.37. The van der Waals surface area contributed by atoms with Crippen LogP contribution in [0.4, 0.5) is 19.0 Å². The Hall–Kier alpha value is -2.41. The van der Waals surface area contributed by atoms with Gasteiger partial charge in [-0.3, -0.25) is 4.72 Å². The largest absolute Gasteiger partial charge is 0.451 e. The summed E-state index contributed by atoms with van der Waals surface area (Å²) >= 11 is 1.47. The van der Waals surface area contributed by atoms with Crippen LogP contribution in [-0.2, 0) is 6.18 Å². The lowest BCUT2D eigenvalue weighted by molar-refractivity contribution is -0.144. The highest BCUT2D eigenvalue weighted by molar-refractivity contribution is 7.97. The van der Waals surface area contributed by atoms with Gasteiger partial charge in [0, 0.05) is 28.9 Å². The fraction of sp³-hybridized carbons (Fsp3) is 0.292. The second-order valence-electron chi connectivity index (χ2n) is 7.68. The molecule has 0 amide bonds. The van der Waals surface area contributed by atoms with Crippen LogP contribution in [0.25, 0.3) is 22.4 Å². The van der Waals surface area contributed by atoms with Crippen molar-refractivity contribution < 1.29 is 13.2 Å². The Morgan fingerprint density at radius 2 is 1.58 bits per heavy atom. The van der Waals surface area contributed by atoms with Gasteiger partial charge in [0.05, 0.1) is 11.3 Å². The van der Waals surface area contributed by atoms with E-state index in [2.05, 4.69) is 21.0 Å². The molecule has 4 rings (SSSR count). The fourth-order valence-electron chi connectivity index (χ4n) is 3.92. The van der Waals surface area contributed by atoms with Gasteiger partial charge in [-0.2, -0.15) is 13.2 Å². The predicted molar refractivity (Wildman–Crippen MR) is 133 cm³/mol. The molecule has 4 nitrogen and oxygen atoms in total. The molecule has 1 aliphatic heterocycles. The van der Waals surface area contributed by atoms with Crippen LogP contribution in [-0.4, -0.2) is 36.4 Å². The smallest absolute Gasteiger partial charge is 0.356 e. The van der Waals surface area contributed by atoms with E-state index in [1.807, 2.05) is 60.5 Å². The van der Waals surface area contributed by atoms with Gasteiger partial charge in [0.25, 0.3) is 0 Å². The van der Waals surface area contributed by atoms with E-state index in [1.54, 1.807) is 0 Å².